The van der Waals surface area contributed by atoms with E-state index in [4.69, 9.17) is 23.1 Å². The van der Waals surface area contributed by atoms with Gasteiger partial charge in [0.05, 0.1) is 17.1 Å². The fourth-order valence-corrected chi connectivity index (χ4v) is 2.75. The van der Waals surface area contributed by atoms with Crippen molar-refractivity contribution in [1.29, 1.82) is 0 Å². The first-order chi connectivity index (χ1) is 9.52. The largest absolute Gasteiger partial charge is 0.397 e. The number of rotatable bonds is 4. The molecule has 1 fully saturated rings. The van der Waals surface area contributed by atoms with Crippen LogP contribution in [-0.2, 0) is 0 Å². The molecule has 2 rings (SSSR count). The van der Waals surface area contributed by atoms with E-state index in [-0.39, 0.29) is 16.4 Å². The lowest BCUT2D eigenvalue weighted by Gasteiger charge is -2.31. The van der Waals surface area contributed by atoms with Crippen LogP contribution in [-0.4, -0.2) is 31.1 Å². The number of piperidine rings is 1. The molecule has 112 valence electrons. The molecule has 1 aromatic carbocycles. The highest BCUT2D eigenvalue weighted by atomic mass is 35.5. The van der Waals surface area contributed by atoms with E-state index in [0.717, 1.165) is 32.5 Å². The minimum Gasteiger partial charge on any atom is -0.397 e. The molecule has 4 nitrogen and oxygen atoms in total. The third-order valence-corrected chi connectivity index (χ3v) is 4.37. The number of hydrogen-bond donors (Lipinski definition) is 3. The molecule has 0 unspecified atom stereocenters. The maximum Gasteiger partial charge on any atom is 0.169 e. The topological polar surface area (TPSA) is 67.3 Å². The minimum absolute atomic E-state index is 0.0671. The molecule has 1 aromatic rings. The van der Waals surface area contributed by atoms with E-state index in [9.17, 15) is 4.39 Å². The molecule has 5 N–H and O–H groups in total. The Kier molecular flexibility index (Phi) is 4.94. The lowest BCUT2D eigenvalue weighted by atomic mass is 9.96. The van der Waals surface area contributed by atoms with Crippen LogP contribution in [0.4, 0.5) is 21.5 Å². The molecule has 0 amide bonds. The van der Waals surface area contributed by atoms with Crippen molar-refractivity contribution in [1.82, 2.24) is 4.90 Å². The van der Waals surface area contributed by atoms with Gasteiger partial charge < -0.3 is 21.7 Å². The van der Waals surface area contributed by atoms with Crippen LogP contribution in [0.5, 0.6) is 0 Å². The smallest absolute Gasteiger partial charge is 0.169 e. The van der Waals surface area contributed by atoms with Gasteiger partial charge in [-0.15, -0.1) is 0 Å². The summed E-state index contributed by atoms with van der Waals surface area (Å²) in [6.45, 7) is 6.17. The number of nitrogens with zero attached hydrogens (tertiary/aromatic N) is 1. The Labute approximate surface area is 124 Å². The van der Waals surface area contributed by atoms with Crippen molar-refractivity contribution in [2.24, 2.45) is 5.92 Å². The van der Waals surface area contributed by atoms with Crippen molar-refractivity contribution >= 4 is 28.7 Å². The fourth-order valence-electron chi connectivity index (χ4n) is 2.60. The first-order valence-corrected chi connectivity index (χ1v) is 7.39. The molecule has 0 atom stereocenters. The van der Waals surface area contributed by atoms with Crippen molar-refractivity contribution in [2.45, 2.75) is 19.8 Å². The summed E-state index contributed by atoms with van der Waals surface area (Å²) in [5.74, 6) is -0.0249. The van der Waals surface area contributed by atoms with Crippen molar-refractivity contribution in [3.63, 3.8) is 0 Å². The van der Waals surface area contributed by atoms with Gasteiger partial charge in [0.25, 0.3) is 0 Å². The number of hydrogen-bond acceptors (Lipinski definition) is 4. The van der Waals surface area contributed by atoms with E-state index in [1.165, 1.54) is 6.07 Å². The maximum absolute atomic E-state index is 14.0. The zero-order chi connectivity index (χ0) is 14.7. The first-order valence-electron chi connectivity index (χ1n) is 7.02. The van der Waals surface area contributed by atoms with Gasteiger partial charge in [-0.2, -0.15) is 0 Å². The van der Waals surface area contributed by atoms with Gasteiger partial charge in [-0.1, -0.05) is 18.5 Å². The van der Waals surface area contributed by atoms with Gasteiger partial charge in [-0.3, -0.25) is 0 Å². The predicted molar refractivity (Wildman–Crippen MR) is 83.6 cm³/mol. The highest BCUT2D eigenvalue weighted by molar-refractivity contribution is 6.33. The molecule has 1 saturated heterocycles. The van der Waals surface area contributed by atoms with Gasteiger partial charge in [0.15, 0.2) is 5.82 Å². The number of benzene rings is 1. The van der Waals surface area contributed by atoms with Crippen molar-refractivity contribution in [3.05, 3.63) is 16.9 Å². The summed E-state index contributed by atoms with van der Waals surface area (Å²) in [5.41, 5.74) is 12.1. The quantitative estimate of drug-likeness (QED) is 0.748. The van der Waals surface area contributed by atoms with Crippen molar-refractivity contribution in [3.8, 4) is 0 Å². The molecule has 0 aromatic heterocycles. The fraction of sp³-hybridized carbons (Fsp3) is 0.571. The third kappa shape index (κ3) is 3.27. The summed E-state index contributed by atoms with van der Waals surface area (Å²) < 4.78 is 14.0. The Morgan fingerprint density at radius 3 is 2.60 bits per heavy atom. The average Bonchev–Trinajstić information content (AvgIpc) is 2.45. The summed E-state index contributed by atoms with van der Waals surface area (Å²) in [6, 6.07) is 1.49. The van der Waals surface area contributed by atoms with Crippen LogP contribution in [0, 0.1) is 11.7 Å². The van der Waals surface area contributed by atoms with E-state index in [1.807, 2.05) is 0 Å². The molecule has 6 heteroatoms. The molecular weight excluding hydrogens is 279 g/mol. The maximum atomic E-state index is 14.0. The van der Waals surface area contributed by atoms with Gasteiger partial charge in [0, 0.05) is 6.54 Å². The van der Waals surface area contributed by atoms with Crippen LogP contribution in [0.2, 0.25) is 5.02 Å². The first kappa shape index (κ1) is 15.2. The number of halogens is 2. The lowest BCUT2D eigenvalue weighted by Crippen LogP contribution is -2.35. The molecule has 20 heavy (non-hydrogen) atoms. The standard InChI is InChI=1S/C14H22ClFN4/c1-2-20-5-3-9(4-6-20)8-19-14-11(18)7-10(17)12(15)13(14)16/h7,9,19H,2-6,8,17-18H2,1H3. The predicted octanol–water partition coefficient (Wildman–Crippen LogP) is 2.79. The van der Waals surface area contributed by atoms with Gasteiger partial charge in [0.2, 0.25) is 0 Å². The Morgan fingerprint density at radius 1 is 1.35 bits per heavy atom. The van der Waals surface area contributed by atoms with E-state index in [0.29, 0.717) is 18.2 Å². The second-order valence-corrected chi connectivity index (χ2v) is 5.69. The molecule has 0 bridgehead atoms. The molecule has 0 radical (unpaired) electrons. The van der Waals surface area contributed by atoms with Gasteiger partial charge in [0.1, 0.15) is 5.02 Å². The molecule has 1 aliphatic heterocycles. The van der Waals surface area contributed by atoms with Crippen molar-refractivity contribution in [2.75, 3.05) is 43.0 Å². The molecule has 0 saturated carbocycles. The average molecular weight is 301 g/mol. The second kappa shape index (κ2) is 6.50. The Morgan fingerprint density at radius 2 is 2.00 bits per heavy atom. The van der Waals surface area contributed by atoms with Crippen LogP contribution in [0.1, 0.15) is 19.8 Å². The van der Waals surface area contributed by atoms with Crippen LogP contribution < -0.4 is 16.8 Å². The molecular formula is C14H22ClFN4. The van der Waals surface area contributed by atoms with Crippen LogP contribution in [0.25, 0.3) is 0 Å². The number of anilines is 3. The molecule has 1 heterocycles. The molecule has 0 spiro atoms. The van der Waals surface area contributed by atoms with Crippen LogP contribution in [0.15, 0.2) is 6.07 Å². The Balaban J connectivity index is 1.97. The number of nitrogens with two attached hydrogens (primary N) is 2. The van der Waals surface area contributed by atoms with Gasteiger partial charge in [-0.05, 0) is 44.5 Å². The van der Waals surface area contributed by atoms with E-state index < -0.39 is 5.82 Å². The van der Waals surface area contributed by atoms with Crippen LogP contribution in [0.3, 0.4) is 0 Å². The third-order valence-electron chi connectivity index (χ3n) is 3.99. The summed E-state index contributed by atoms with van der Waals surface area (Å²) >= 11 is 5.81. The van der Waals surface area contributed by atoms with E-state index in [2.05, 4.69) is 17.1 Å². The monoisotopic (exact) mass is 300 g/mol. The summed E-state index contributed by atoms with van der Waals surface area (Å²) in [7, 11) is 0. The zero-order valence-electron chi connectivity index (χ0n) is 11.8. The highest BCUT2D eigenvalue weighted by Crippen LogP contribution is 2.34. The van der Waals surface area contributed by atoms with Gasteiger partial charge >= 0.3 is 0 Å². The summed E-state index contributed by atoms with van der Waals surface area (Å²) in [5, 5.41) is 3.03. The Hall–Kier alpha value is -1.20. The number of likely N-dealkylation sites (tertiary alicyclic amines) is 1. The Bertz CT molecular complexity index is 473. The zero-order valence-corrected chi connectivity index (χ0v) is 12.5. The number of nitrogens with one attached hydrogen (secondary N) is 1. The molecule has 1 aliphatic rings. The van der Waals surface area contributed by atoms with Crippen molar-refractivity contribution < 1.29 is 4.39 Å². The normalized spacial score (nSPS) is 17.4. The van der Waals surface area contributed by atoms with Crippen LogP contribution >= 0.6 is 11.6 Å². The van der Waals surface area contributed by atoms with E-state index in [1.54, 1.807) is 0 Å². The highest BCUT2D eigenvalue weighted by Gasteiger charge is 2.20. The summed E-state index contributed by atoms with van der Waals surface area (Å²) in [4.78, 5) is 2.42. The van der Waals surface area contributed by atoms with Gasteiger partial charge in [-0.25, -0.2) is 4.39 Å². The lowest BCUT2D eigenvalue weighted by molar-refractivity contribution is 0.198. The van der Waals surface area contributed by atoms with E-state index >= 15 is 0 Å². The second-order valence-electron chi connectivity index (χ2n) is 5.32. The molecule has 0 aliphatic carbocycles. The SMILES string of the molecule is CCN1CCC(CNc2c(N)cc(N)c(Cl)c2F)CC1. The summed E-state index contributed by atoms with van der Waals surface area (Å²) in [6.07, 6.45) is 2.23. The number of nitrogen functional groups attached to an aromatic ring is 2. The minimum atomic E-state index is -0.560.